The van der Waals surface area contributed by atoms with Gasteiger partial charge in [0.25, 0.3) is 5.91 Å². The number of hydrogen-bond donors (Lipinski definition) is 1. The number of pyridine rings is 1. The van der Waals surface area contributed by atoms with Crippen LogP contribution < -0.4 is 10.1 Å². The predicted molar refractivity (Wildman–Crippen MR) is 103 cm³/mol. The molecule has 0 radical (unpaired) electrons. The Hall–Kier alpha value is -3.85. The van der Waals surface area contributed by atoms with Gasteiger partial charge in [-0.15, -0.1) is 5.10 Å². The number of aromatic nitrogens is 4. The van der Waals surface area contributed by atoms with Crippen molar-refractivity contribution in [3.05, 3.63) is 65.4 Å². The molecule has 7 nitrogen and oxygen atoms in total. The minimum Gasteiger partial charge on any atom is -0.483 e. The first kappa shape index (κ1) is 26.7. The Labute approximate surface area is 195 Å². The summed E-state index contributed by atoms with van der Waals surface area (Å²) in [6.07, 6.45) is -12.7. The highest BCUT2D eigenvalue weighted by molar-refractivity contribution is 5.94. The van der Waals surface area contributed by atoms with Crippen molar-refractivity contribution in [2.45, 2.75) is 31.5 Å². The van der Waals surface area contributed by atoms with Gasteiger partial charge < -0.3 is 10.1 Å². The first-order chi connectivity index (χ1) is 16.5. The monoisotopic (exact) mass is 527 g/mol. The van der Waals surface area contributed by atoms with E-state index in [4.69, 9.17) is 0 Å². The highest BCUT2D eigenvalue weighted by Gasteiger charge is 2.37. The van der Waals surface area contributed by atoms with Crippen LogP contribution in [-0.4, -0.2) is 38.4 Å². The molecule has 0 spiro atoms. The second kappa shape index (κ2) is 9.66. The maximum Gasteiger partial charge on any atom is 0.422 e. The number of carbonyl (C=O) groups excluding carboxylic acids is 1. The topological polar surface area (TPSA) is 81.9 Å². The van der Waals surface area contributed by atoms with Crippen molar-refractivity contribution in [1.82, 2.24) is 25.1 Å². The molecule has 1 unspecified atom stereocenters. The molecule has 3 rings (SSSR count). The number of carbonyl (C=O) groups is 1. The lowest BCUT2D eigenvalue weighted by Gasteiger charge is -2.15. The van der Waals surface area contributed by atoms with Gasteiger partial charge in [0, 0.05) is 5.56 Å². The molecular weight excluding hydrogens is 513 g/mol. The fourth-order valence-corrected chi connectivity index (χ4v) is 2.77. The summed E-state index contributed by atoms with van der Waals surface area (Å²) in [5.41, 5.74) is -4.17. The minimum absolute atomic E-state index is 0.0782. The lowest BCUT2D eigenvalue weighted by molar-refractivity contribution is -0.153. The zero-order valence-electron chi connectivity index (χ0n) is 17.8. The molecule has 0 bridgehead atoms. The van der Waals surface area contributed by atoms with Crippen molar-refractivity contribution in [3.63, 3.8) is 0 Å². The van der Waals surface area contributed by atoms with Crippen LogP contribution in [0.15, 0.2) is 42.9 Å². The Morgan fingerprint density at radius 1 is 0.972 bits per heavy atom. The van der Waals surface area contributed by atoms with Crippen molar-refractivity contribution in [2.24, 2.45) is 0 Å². The van der Waals surface area contributed by atoms with Crippen LogP contribution in [0.2, 0.25) is 0 Å². The third kappa shape index (κ3) is 6.85. The number of nitrogens with zero attached hydrogens (tertiary/aromatic N) is 4. The number of rotatable bonds is 6. The molecule has 1 atom stereocenters. The molecule has 194 valence electrons. The smallest absolute Gasteiger partial charge is 0.422 e. The average Bonchev–Trinajstić information content (AvgIpc) is 3.26. The van der Waals surface area contributed by atoms with Crippen molar-refractivity contribution in [2.75, 3.05) is 6.61 Å². The number of benzene rings is 1. The van der Waals surface area contributed by atoms with Crippen LogP contribution in [-0.2, 0) is 12.4 Å². The summed E-state index contributed by atoms with van der Waals surface area (Å²) in [6.45, 7) is -0.188. The van der Waals surface area contributed by atoms with E-state index >= 15 is 0 Å². The van der Waals surface area contributed by atoms with Crippen LogP contribution in [0.1, 0.15) is 40.3 Å². The molecule has 0 aliphatic carbocycles. The maximum absolute atomic E-state index is 13.0. The minimum atomic E-state index is -5.12. The number of hydrogen-bond acceptors (Lipinski definition) is 5. The predicted octanol–water partition coefficient (Wildman–Crippen LogP) is 5.13. The van der Waals surface area contributed by atoms with Gasteiger partial charge in [-0.1, -0.05) is 0 Å². The fraction of sp³-hybridized carbons (Fsp3) is 0.300. The van der Waals surface area contributed by atoms with E-state index in [0.29, 0.717) is 0 Å². The number of halogens is 9. The molecule has 2 heterocycles. The lowest BCUT2D eigenvalue weighted by atomic mass is 10.0. The van der Waals surface area contributed by atoms with Crippen molar-refractivity contribution in [1.29, 1.82) is 0 Å². The van der Waals surface area contributed by atoms with E-state index in [2.05, 4.69) is 25.1 Å². The largest absolute Gasteiger partial charge is 0.483 e. The first-order valence-corrected chi connectivity index (χ1v) is 9.71. The van der Waals surface area contributed by atoms with E-state index < -0.39 is 53.8 Å². The van der Waals surface area contributed by atoms with Crippen LogP contribution in [0.25, 0.3) is 5.82 Å². The van der Waals surface area contributed by atoms with E-state index in [1.807, 2.05) is 0 Å². The third-order valence-electron chi connectivity index (χ3n) is 4.45. The molecule has 1 aromatic carbocycles. The quantitative estimate of drug-likeness (QED) is 0.450. The number of alkyl halides is 9. The standard InChI is InChI=1S/C20H14F9N5O2/c1-10(32-17(35)11-4-12(19(24,25)26)6-13(5-11)20(27,28)29)16-31-9-34(33-16)15-3-2-14(7-30-15)36-8-18(21,22)23/h2-7,9-10H,8H2,1H3,(H,32,35). The number of nitrogens with one attached hydrogen (secondary N) is 1. The van der Waals surface area contributed by atoms with Gasteiger partial charge in [-0.25, -0.2) is 14.6 Å². The highest BCUT2D eigenvalue weighted by atomic mass is 19.4. The first-order valence-electron chi connectivity index (χ1n) is 9.71. The molecular formula is C20H14F9N5O2. The van der Waals surface area contributed by atoms with E-state index in [9.17, 15) is 44.3 Å². The summed E-state index contributed by atoms with van der Waals surface area (Å²) in [5.74, 6) is -1.39. The average molecular weight is 527 g/mol. The van der Waals surface area contributed by atoms with Crippen LogP contribution in [0.4, 0.5) is 39.5 Å². The molecule has 1 amide bonds. The normalized spacial score (nSPS) is 13.4. The van der Waals surface area contributed by atoms with Gasteiger partial charge in [-0.05, 0) is 37.3 Å². The molecule has 36 heavy (non-hydrogen) atoms. The lowest BCUT2D eigenvalue weighted by Crippen LogP contribution is -2.28. The second-order valence-corrected chi connectivity index (χ2v) is 7.29. The van der Waals surface area contributed by atoms with Crippen LogP contribution in [0, 0.1) is 0 Å². The Bertz CT molecular complexity index is 1190. The molecule has 1 N–H and O–H groups in total. The zero-order valence-corrected chi connectivity index (χ0v) is 17.8. The Morgan fingerprint density at radius 3 is 2.08 bits per heavy atom. The van der Waals surface area contributed by atoms with Gasteiger partial charge in [0.05, 0.1) is 23.4 Å². The highest BCUT2D eigenvalue weighted by Crippen LogP contribution is 2.36. The number of ether oxygens (including phenoxy) is 1. The fourth-order valence-electron chi connectivity index (χ4n) is 2.77. The Balaban J connectivity index is 1.74. The molecule has 16 heteroatoms. The van der Waals surface area contributed by atoms with Crippen LogP contribution >= 0.6 is 0 Å². The summed E-state index contributed by atoms with van der Waals surface area (Å²) >= 11 is 0. The summed E-state index contributed by atoms with van der Waals surface area (Å²) in [4.78, 5) is 20.2. The molecule has 0 saturated carbocycles. The summed E-state index contributed by atoms with van der Waals surface area (Å²) in [7, 11) is 0. The summed E-state index contributed by atoms with van der Waals surface area (Å²) < 4.78 is 120. The Kier molecular flexibility index (Phi) is 7.18. The van der Waals surface area contributed by atoms with Crippen molar-refractivity contribution in [3.8, 4) is 11.6 Å². The summed E-state index contributed by atoms with van der Waals surface area (Å²) in [5, 5.41) is 6.22. The van der Waals surface area contributed by atoms with Gasteiger partial charge in [0.2, 0.25) is 0 Å². The second-order valence-electron chi connectivity index (χ2n) is 7.29. The van der Waals surface area contributed by atoms with Gasteiger partial charge in [0.1, 0.15) is 12.1 Å². The zero-order chi connectivity index (χ0) is 26.9. The van der Waals surface area contributed by atoms with Gasteiger partial charge >= 0.3 is 18.5 Å². The van der Waals surface area contributed by atoms with Gasteiger partial charge in [0.15, 0.2) is 18.2 Å². The molecule has 0 aliphatic rings. The molecule has 0 fully saturated rings. The Morgan fingerprint density at radius 2 is 1.58 bits per heavy atom. The molecule has 0 saturated heterocycles. The molecule has 3 aromatic rings. The summed E-state index contributed by atoms with van der Waals surface area (Å²) in [6, 6.07) is 1.86. The molecule has 2 aromatic heterocycles. The molecule has 0 aliphatic heterocycles. The van der Waals surface area contributed by atoms with Crippen LogP contribution in [0.3, 0.4) is 0 Å². The van der Waals surface area contributed by atoms with E-state index in [0.717, 1.165) is 17.2 Å². The van der Waals surface area contributed by atoms with Gasteiger partial charge in [-0.2, -0.15) is 39.5 Å². The van der Waals surface area contributed by atoms with Crippen molar-refractivity contribution >= 4 is 5.91 Å². The van der Waals surface area contributed by atoms with E-state index in [1.165, 1.54) is 19.1 Å². The maximum atomic E-state index is 13.0. The van der Waals surface area contributed by atoms with E-state index in [1.54, 1.807) is 0 Å². The van der Waals surface area contributed by atoms with Gasteiger partial charge in [-0.3, -0.25) is 4.79 Å². The van der Waals surface area contributed by atoms with Crippen LogP contribution in [0.5, 0.6) is 5.75 Å². The number of amides is 1. The van der Waals surface area contributed by atoms with E-state index in [-0.39, 0.29) is 35.6 Å². The van der Waals surface area contributed by atoms with Crippen molar-refractivity contribution < 1.29 is 49.0 Å². The third-order valence-corrected chi connectivity index (χ3v) is 4.45. The SMILES string of the molecule is CC(NC(=O)c1cc(C(F)(F)F)cc(C(F)(F)F)c1)c1ncn(-c2ccc(OCC(F)(F)F)cn2)n1.